The zero-order chi connectivity index (χ0) is 9.68. The van der Waals surface area contributed by atoms with Crippen LogP contribution in [0.3, 0.4) is 0 Å². The number of aromatic nitrogens is 1. The Kier molecular flexibility index (Phi) is 3.08. The second kappa shape index (κ2) is 4.30. The third kappa shape index (κ3) is 2.08. The minimum Gasteiger partial charge on any atom is -0.491 e. The first-order valence-electron chi connectivity index (χ1n) is 3.57. The molecule has 0 aliphatic rings. The van der Waals surface area contributed by atoms with Gasteiger partial charge in [-0.2, -0.15) is 0 Å². The molecule has 1 rings (SSSR count). The molecule has 5 nitrogen and oxygen atoms in total. The van der Waals surface area contributed by atoms with Crippen LogP contribution in [0.1, 0.15) is 5.56 Å². The van der Waals surface area contributed by atoms with E-state index in [0.717, 1.165) is 0 Å². The van der Waals surface area contributed by atoms with Crippen molar-refractivity contribution in [2.75, 3.05) is 14.2 Å². The molecule has 1 N–H and O–H groups in total. The molecule has 0 aromatic carbocycles. The van der Waals surface area contributed by atoms with Crippen LogP contribution in [-0.2, 0) is 0 Å². The van der Waals surface area contributed by atoms with E-state index in [1.54, 1.807) is 6.07 Å². The van der Waals surface area contributed by atoms with Gasteiger partial charge in [-0.3, -0.25) is 0 Å². The predicted molar refractivity (Wildman–Crippen MR) is 46.7 cm³/mol. The fourth-order valence-corrected chi connectivity index (χ4v) is 0.884. The SMILES string of the molecule is COc1cc(C=NO)cnc1OC. The van der Waals surface area contributed by atoms with E-state index in [4.69, 9.17) is 14.7 Å². The van der Waals surface area contributed by atoms with E-state index in [0.29, 0.717) is 17.2 Å². The quantitative estimate of drug-likeness (QED) is 0.428. The Morgan fingerprint density at radius 3 is 2.77 bits per heavy atom. The fraction of sp³-hybridized carbons (Fsp3) is 0.250. The number of hydrogen-bond donors (Lipinski definition) is 1. The summed E-state index contributed by atoms with van der Waals surface area (Å²) in [6, 6.07) is 1.66. The van der Waals surface area contributed by atoms with Crippen LogP contribution in [0.15, 0.2) is 17.4 Å². The maximum Gasteiger partial charge on any atom is 0.256 e. The van der Waals surface area contributed by atoms with Gasteiger partial charge in [0, 0.05) is 11.8 Å². The maximum absolute atomic E-state index is 8.28. The number of nitrogens with zero attached hydrogens (tertiary/aromatic N) is 2. The Hall–Kier alpha value is -1.78. The van der Waals surface area contributed by atoms with Crippen LogP contribution in [0, 0.1) is 0 Å². The van der Waals surface area contributed by atoms with Gasteiger partial charge in [0.05, 0.1) is 20.4 Å². The summed E-state index contributed by atoms with van der Waals surface area (Å²) in [4.78, 5) is 3.94. The second-order valence-electron chi connectivity index (χ2n) is 2.22. The van der Waals surface area contributed by atoms with Gasteiger partial charge in [-0.05, 0) is 6.07 Å². The molecule has 0 saturated carbocycles. The summed E-state index contributed by atoms with van der Waals surface area (Å²) < 4.78 is 9.92. The first kappa shape index (κ1) is 9.31. The molecule has 5 heteroatoms. The summed E-state index contributed by atoms with van der Waals surface area (Å²) in [7, 11) is 3.02. The van der Waals surface area contributed by atoms with E-state index >= 15 is 0 Å². The van der Waals surface area contributed by atoms with Crippen molar-refractivity contribution in [2.45, 2.75) is 0 Å². The molecule has 0 fully saturated rings. The number of oxime groups is 1. The molecule has 0 unspecified atom stereocenters. The topological polar surface area (TPSA) is 63.9 Å². The van der Waals surface area contributed by atoms with Crippen LogP contribution in [0.5, 0.6) is 11.6 Å². The van der Waals surface area contributed by atoms with Crippen LogP contribution in [0.25, 0.3) is 0 Å². The first-order valence-corrected chi connectivity index (χ1v) is 3.57. The van der Waals surface area contributed by atoms with Crippen molar-refractivity contribution in [3.05, 3.63) is 17.8 Å². The van der Waals surface area contributed by atoms with Gasteiger partial charge in [-0.1, -0.05) is 5.16 Å². The second-order valence-corrected chi connectivity index (χ2v) is 2.22. The van der Waals surface area contributed by atoms with Crippen molar-refractivity contribution in [1.82, 2.24) is 4.98 Å². The lowest BCUT2D eigenvalue weighted by Crippen LogP contribution is -1.95. The zero-order valence-corrected chi connectivity index (χ0v) is 7.39. The molecule has 1 heterocycles. The number of pyridine rings is 1. The van der Waals surface area contributed by atoms with Crippen LogP contribution in [-0.4, -0.2) is 30.6 Å². The molecule has 0 saturated heterocycles. The average molecular weight is 182 g/mol. The summed E-state index contributed by atoms with van der Waals surface area (Å²) in [5, 5.41) is 11.2. The van der Waals surface area contributed by atoms with E-state index in [-0.39, 0.29) is 0 Å². The molecule has 0 atom stereocenters. The highest BCUT2D eigenvalue weighted by molar-refractivity contribution is 5.79. The van der Waals surface area contributed by atoms with Gasteiger partial charge in [-0.15, -0.1) is 0 Å². The monoisotopic (exact) mass is 182 g/mol. The number of ether oxygens (including phenoxy) is 2. The van der Waals surface area contributed by atoms with E-state index in [1.807, 2.05) is 0 Å². The largest absolute Gasteiger partial charge is 0.491 e. The first-order chi connectivity index (χ1) is 6.31. The van der Waals surface area contributed by atoms with E-state index in [2.05, 4.69) is 10.1 Å². The number of methoxy groups -OCH3 is 2. The van der Waals surface area contributed by atoms with Gasteiger partial charge in [-0.25, -0.2) is 4.98 Å². The molecule has 70 valence electrons. The van der Waals surface area contributed by atoms with Crippen molar-refractivity contribution in [2.24, 2.45) is 5.16 Å². The average Bonchev–Trinajstić information content (AvgIpc) is 2.18. The Morgan fingerprint density at radius 1 is 1.46 bits per heavy atom. The van der Waals surface area contributed by atoms with Crippen LogP contribution < -0.4 is 9.47 Å². The fourth-order valence-electron chi connectivity index (χ4n) is 0.884. The third-order valence-corrected chi connectivity index (χ3v) is 1.46. The van der Waals surface area contributed by atoms with Crippen molar-refractivity contribution < 1.29 is 14.7 Å². The molecular weight excluding hydrogens is 172 g/mol. The smallest absolute Gasteiger partial charge is 0.256 e. The van der Waals surface area contributed by atoms with Crippen LogP contribution >= 0.6 is 0 Å². The highest BCUT2D eigenvalue weighted by Crippen LogP contribution is 2.23. The molecule has 0 bridgehead atoms. The lowest BCUT2D eigenvalue weighted by atomic mass is 10.3. The van der Waals surface area contributed by atoms with Crippen molar-refractivity contribution in [1.29, 1.82) is 0 Å². The number of rotatable bonds is 3. The summed E-state index contributed by atoms with van der Waals surface area (Å²) in [6.07, 6.45) is 2.77. The maximum atomic E-state index is 8.28. The highest BCUT2D eigenvalue weighted by atomic mass is 16.5. The summed E-state index contributed by atoms with van der Waals surface area (Å²) >= 11 is 0. The molecule has 1 aromatic rings. The lowest BCUT2D eigenvalue weighted by Gasteiger charge is -2.05. The minimum atomic E-state index is 0.401. The molecule has 13 heavy (non-hydrogen) atoms. The molecule has 0 aliphatic heterocycles. The van der Waals surface area contributed by atoms with Gasteiger partial charge < -0.3 is 14.7 Å². The van der Waals surface area contributed by atoms with E-state index in [9.17, 15) is 0 Å². The lowest BCUT2D eigenvalue weighted by molar-refractivity contribution is 0.321. The van der Waals surface area contributed by atoms with Gasteiger partial charge in [0.25, 0.3) is 5.88 Å². The Labute approximate surface area is 75.6 Å². The van der Waals surface area contributed by atoms with E-state index < -0.39 is 0 Å². The van der Waals surface area contributed by atoms with Crippen LogP contribution in [0.4, 0.5) is 0 Å². The molecule has 0 spiro atoms. The Bertz CT molecular complexity index is 312. The highest BCUT2D eigenvalue weighted by Gasteiger charge is 2.04. The standard InChI is InChI=1S/C8H10N2O3/c1-12-7-3-6(5-10-11)4-9-8(7)13-2/h3-5,11H,1-2H3. The molecular formula is C8H10N2O3. The van der Waals surface area contributed by atoms with Crippen LogP contribution in [0.2, 0.25) is 0 Å². The molecule has 0 aliphatic carbocycles. The van der Waals surface area contributed by atoms with Crippen molar-refractivity contribution in [3.8, 4) is 11.6 Å². The van der Waals surface area contributed by atoms with Crippen molar-refractivity contribution >= 4 is 6.21 Å². The minimum absolute atomic E-state index is 0.401. The van der Waals surface area contributed by atoms with Gasteiger partial charge >= 0.3 is 0 Å². The molecule has 1 aromatic heterocycles. The normalized spacial score (nSPS) is 10.3. The van der Waals surface area contributed by atoms with Gasteiger partial charge in [0.15, 0.2) is 5.75 Å². The zero-order valence-electron chi connectivity index (χ0n) is 7.39. The molecule has 0 amide bonds. The van der Waals surface area contributed by atoms with Crippen molar-refractivity contribution in [3.63, 3.8) is 0 Å². The predicted octanol–water partition coefficient (Wildman–Crippen LogP) is 0.907. The summed E-state index contributed by atoms with van der Waals surface area (Å²) in [6.45, 7) is 0. The molecule has 0 radical (unpaired) electrons. The Balaban J connectivity index is 3.05. The van der Waals surface area contributed by atoms with Gasteiger partial charge in [0.1, 0.15) is 0 Å². The Morgan fingerprint density at radius 2 is 2.23 bits per heavy atom. The summed E-state index contributed by atoms with van der Waals surface area (Å²) in [5.74, 6) is 0.900. The summed E-state index contributed by atoms with van der Waals surface area (Å²) in [5.41, 5.74) is 0.639. The van der Waals surface area contributed by atoms with Gasteiger partial charge in [0.2, 0.25) is 0 Å². The third-order valence-electron chi connectivity index (χ3n) is 1.46. The number of hydrogen-bond acceptors (Lipinski definition) is 5. The van der Waals surface area contributed by atoms with E-state index in [1.165, 1.54) is 26.6 Å².